The Morgan fingerprint density at radius 2 is 1.33 bits per heavy atom. The number of aromatic nitrogens is 2. The largest absolute Gasteiger partial charge is 0.444 e. The quantitative estimate of drug-likeness (QED) is 0.150. The number of H-pyrrole nitrogens is 1. The Labute approximate surface area is 437 Å². The summed E-state index contributed by atoms with van der Waals surface area (Å²) in [5.41, 5.74) is 1.07. The molecule has 1 aliphatic carbocycles. The summed E-state index contributed by atoms with van der Waals surface area (Å²) in [5.74, 6) is -2.40. The number of piperidine rings is 3. The minimum atomic E-state index is -0.751. The van der Waals surface area contributed by atoms with Crippen molar-refractivity contribution >= 4 is 40.5 Å². The van der Waals surface area contributed by atoms with Crippen molar-refractivity contribution in [3.63, 3.8) is 0 Å². The van der Waals surface area contributed by atoms with E-state index in [0.717, 1.165) is 50.5 Å². The molecule has 0 bridgehead atoms. The van der Waals surface area contributed by atoms with E-state index in [0.29, 0.717) is 106 Å². The number of carbonyl (C=O) groups excluding carboxylic acids is 5. The number of piperazine rings is 1. The predicted molar refractivity (Wildman–Crippen MR) is 278 cm³/mol. The lowest BCUT2D eigenvalue weighted by Gasteiger charge is -2.40. The van der Waals surface area contributed by atoms with Gasteiger partial charge in [0.1, 0.15) is 23.3 Å². The predicted octanol–water partition coefficient (Wildman–Crippen LogP) is 7.04. The highest BCUT2D eigenvalue weighted by Crippen LogP contribution is 2.32. The summed E-state index contributed by atoms with van der Waals surface area (Å²) in [6.45, 7) is 10.4. The summed E-state index contributed by atoms with van der Waals surface area (Å²) in [4.78, 5) is 89.0. The first-order valence-electron chi connectivity index (χ1n) is 27.1. The Morgan fingerprint density at radius 3 is 2.00 bits per heavy atom. The highest BCUT2D eigenvalue weighted by Gasteiger charge is 2.38. The van der Waals surface area contributed by atoms with Crippen LogP contribution >= 0.6 is 0 Å². The molecule has 4 aromatic rings. The average molecular weight is 1040 g/mol. The highest BCUT2D eigenvalue weighted by atomic mass is 19.1. The molecule has 16 nitrogen and oxygen atoms in total. The Morgan fingerprint density at radius 1 is 0.693 bits per heavy atom. The number of ether oxygens (including phenoxy) is 2. The van der Waals surface area contributed by atoms with Gasteiger partial charge in [-0.25, -0.2) is 18.7 Å². The normalized spacial score (nSPS) is 19.5. The summed E-state index contributed by atoms with van der Waals surface area (Å²) in [6.07, 6.45) is 8.82. The molecule has 4 saturated heterocycles. The van der Waals surface area contributed by atoms with Crippen LogP contribution in [0.3, 0.4) is 0 Å². The summed E-state index contributed by atoms with van der Waals surface area (Å²) in [5, 5.41) is 10.9. The van der Waals surface area contributed by atoms with Crippen LogP contribution in [0, 0.1) is 17.6 Å². The van der Waals surface area contributed by atoms with E-state index < -0.39 is 35.1 Å². The second-order valence-electron chi connectivity index (χ2n) is 22.2. The zero-order valence-electron chi connectivity index (χ0n) is 43.6. The lowest BCUT2D eigenvalue weighted by atomic mass is 9.83. The molecule has 75 heavy (non-hydrogen) atoms. The zero-order valence-corrected chi connectivity index (χ0v) is 43.6. The summed E-state index contributed by atoms with van der Waals surface area (Å²) >= 11 is 0. The smallest absolute Gasteiger partial charge is 0.410 e. The van der Waals surface area contributed by atoms with Crippen molar-refractivity contribution in [1.29, 1.82) is 0 Å². The number of benzene rings is 3. The van der Waals surface area contributed by atoms with Gasteiger partial charge in [0.25, 0.3) is 17.4 Å². The second-order valence-corrected chi connectivity index (χ2v) is 22.2. The van der Waals surface area contributed by atoms with Crippen LogP contribution in [0.1, 0.15) is 135 Å². The van der Waals surface area contributed by atoms with Gasteiger partial charge in [0, 0.05) is 77.3 Å². The zero-order chi connectivity index (χ0) is 52.8. The molecule has 3 aromatic carbocycles. The third kappa shape index (κ3) is 13.2. The van der Waals surface area contributed by atoms with Crippen LogP contribution in [0.5, 0.6) is 0 Å². The number of nitrogens with zero attached hydrogens (tertiary/aromatic N) is 6. The Hall–Kier alpha value is -6.27. The minimum Gasteiger partial charge on any atom is -0.444 e. The van der Waals surface area contributed by atoms with Crippen molar-refractivity contribution in [2.24, 2.45) is 5.92 Å². The van der Waals surface area contributed by atoms with Gasteiger partial charge >= 0.3 is 6.09 Å². The molecule has 5 fully saturated rings. The number of halogens is 2. The van der Waals surface area contributed by atoms with Crippen LogP contribution in [-0.4, -0.2) is 160 Å². The van der Waals surface area contributed by atoms with Gasteiger partial charge in [-0.15, -0.1) is 0 Å². The van der Waals surface area contributed by atoms with E-state index >= 15 is 8.78 Å². The molecule has 2 N–H and O–H groups in total. The number of rotatable bonds is 12. The summed E-state index contributed by atoms with van der Waals surface area (Å²) in [7, 11) is 0. The average Bonchev–Trinajstić information content (AvgIpc) is 3.42. The Bertz CT molecular complexity index is 2760. The molecular formula is C57H72F2N8O8. The third-order valence-corrected chi connectivity index (χ3v) is 15.9. The fourth-order valence-electron chi connectivity index (χ4n) is 11.6. The number of hydrogen-bond donors (Lipinski definition) is 2. The molecule has 5 heterocycles. The van der Waals surface area contributed by atoms with Crippen LogP contribution in [-0.2, 0) is 25.5 Å². The van der Waals surface area contributed by atoms with Crippen molar-refractivity contribution in [2.45, 2.75) is 128 Å². The monoisotopic (exact) mass is 1030 g/mol. The van der Waals surface area contributed by atoms with E-state index in [1.54, 1.807) is 45.0 Å². The molecule has 5 amide bonds. The van der Waals surface area contributed by atoms with E-state index in [2.05, 4.69) is 20.4 Å². The van der Waals surface area contributed by atoms with Gasteiger partial charge in [0.15, 0.2) is 0 Å². The molecule has 1 saturated carbocycles. The van der Waals surface area contributed by atoms with Crippen molar-refractivity contribution in [3.05, 3.63) is 111 Å². The van der Waals surface area contributed by atoms with Crippen LogP contribution < -0.4 is 10.9 Å². The van der Waals surface area contributed by atoms with E-state index in [1.807, 2.05) is 37.8 Å². The van der Waals surface area contributed by atoms with Gasteiger partial charge in [-0.3, -0.25) is 28.9 Å². The second kappa shape index (κ2) is 23.7. The minimum absolute atomic E-state index is 0.0106. The molecule has 0 unspecified atom stereocenters. The molecule has 0 spiro atoms. The van der Waals surface area contributed by atoms with Gasteiger partial charge < -0.3 is 34.4 Å². The van der Waals surface area contributed by atoms with Gasteiger partial charge in [-0.2, -0.15) is 5.10 Å². The van der Waals surface area contributed by atoms with Crippen LogP contribution in [0.15, 0.2) is 65.5 Å². The lowest BCUT2D eigenvalue weighted by molar-refractivity contribution is -0.140. The first kappa shape index (κ1) is 53.6. The first-order valence-corrected chi connectivity index (χ1v) is 27.1. The molecule has 1 atom stereocenters. The van der Waals surface area contributed by atoms with Crippen molar-refractivity contribution in [3.8, 4) is 0 Å². The number of hydrogen-bond acceptors (Lipinski definition) is 10. The topological polar surface area (TPSA) is 178 Å². The standard InChI is InChI=1S/C57H72F2N8O8/c1-57(2,3)75-56(73)67-25-17-38(18-26-67)40-14-15-45(48(59)35-40)52(69)60-51(39-9-5-4-6-10-39)55(72)65-27-21-42(22-28-65)74-41-19-23-63(24-20-41)36-50(68)64-29-31-66(32-30-64)54(71)46-33-37(13-16-47(46)58)34-49-43-11-7-8-12-44(43)53(70)62-61-49/h7-8,11-16,33,35,38-39,41-42,51H,4-6,9-10,17-32,34,36H2,1-3H3,(H,60,69)(H,62,70)/t51-/m1/s1. The maximum absolute atomic E-state index is 15.8. The van der Waals surface area contributed by atoms with Crippen LogP contribution in [0.4, 0.5) is 13.6 Å². The van der Waals surface area contributed by atoms with E-state index in [9.17, 15) is 28.8 Å². The fraction of sp³-hybridized carbons (Fsp3) is 0.561. The number of carbonyl (C=O) groups is 5. The lowest BCUT2D eigenvalue weighted by Crippen LogP contribution is -2.55. The van der Waals surface area contributed by atoms with E-state index in [-0.39, 0.29) is 78.3 Å². The molecule has 0 radical (unpaired) electrons. The Balaban J connectivity index is 0.700. The van der Waals surface area contributed by atoms with Crippen molar-refractivity contribution in [1.82, 2.24) is 40.0 Å². The third-order valence-electron chi connectivity index (χ3n) is 15.9. The maximum Gasteiger partial charge on any atom is 0.410 e. The fourth-order valence-corrected chi connectivity index (χ4v) is 11.6. The van der Waals surface area contributed by atoms with Crippen LogP contribution in [0.2, 0.25) is 0 Å². The summed E-state index contributed by atoms with van der Waals surface area (Å²) in [6, 6.07) is 15.6. The molecule has 1 aromatic heterocycles. The number of amides is 5. The van der Waals surface area contributed by atoms with Crippen molar-refractivity contribution in [2.75, 3.05) is 72.0 Å². The molecule has 18 heteroatoms. The van der Waals surface area contributed by atoms with Gasteiger partial charge in [0.05, 0.1) is 41.0 Å². The molecule has 9 rings (SSSR count). The van der Waals surface area contributed by atoms with Crippen LogP contribution in [0.25, 0.3) is 10.8 Å². The summed E-state index contributed by atoms with van der Waals surface area (Å²) < 4.78 is 43.0. The molecule has 4 aliphatic heterocycles. The molecule has 402 valence electrons. The highest BCUT2D eigenvalue weighted by molar-refractivity contribution is 5.98. The van der Waals surface area contributed by atoms with Gasteiger partial charge in [-0.1, -0.05) is 49.6 Å². The number of fused-ring (bicyclic) bond motifs is 1. The van der Waals surface area contributed by atoms with Crippen molar-refractivity contribution < 1.29 is 42.2 Å². The Kier molecular flexibility index (Phi) is 16.9. The number of aromatic amines is 1. The van der Waals surface area contributed by atoms with Gasteiger partial charge in [-0.05, 0) is 125 Å². The number of nitrogens with one attached hydrogen (secondary N) is 2. The molecular weight excluding hydrogens is 963 g/mol. The van der Waals surface area contributed by atoms with Gasteiger partial charge in [0.2, 0.25) is 11.8 Å². The molecule has 5 aliphatic rings. The SMILES string of the molecule is CC(C)(C)OC(=O)N1CCC(c2ccc(C(=O)N[C@@H](C(=O)N3CCC(OC4CCN(CC(=O)N5CCN(C(=O)c6cc(Cc7n[nH]c(=O)c8ccccc78)ccc6F)CC5)CC4)CC3)C3CCCCC3)c(F)c2)CC1. The first-order chi connectivity index (χ1) is 36.1. The van der Waals surface area contributed by atoms with E-state index in [4.69, 9.17) is 9.47 Å². The maximum atomic E-state index is 15.8. The number of likely N-dealkylation sites (tertiary alicyclic amines) is 3. The van der Waals surface area contributed by atoms with E-state index in [1.165, 1.54) is 18.2 Å².